The molecule has 5 nitrogen and oxygen atoms in total. The van der Waals surface area contributed by atoms with E-state index in [0.29, 0.717) is 19.6 Å². The molecule has 1 amide bonds. The molecule has 0 saturated carbocycles. The first-order valence-corrected chi connectivity index (χ1v) is 6.98. The number of rotatable bonds is 6. The van der Waals surface area contributed by atoms with E-state index in [1.165, 1.54) is 0 Å². The van der Waals surface area contributed by atoms with Crippen LogP contribution in [0.4, 0.5) is 0 Å². The Bertz CT molecular complexity index is 670. The van der Waals surface area contributed by atoms with Gasteiger partial charge in [-0.1, -0.05) is 0 Å². The molecule has 2 aromatic rings. The molecule has 1 aromatic carbocycles. The number of carbonyl (C=O) groups excluding carboxylic acids is 1. The lowest BCUT2D eigenvalue weighted by atomic mass is 10.2. The summed E-state index contributed by atoms with van der Waals surface area (Å²) in [4.78, 5) is 13.7. The van der Waals surface area contributed by atoms with Crippen molar-refractivity contribution >= 4 is 16.8 Å². The van der Waals surface area contributed by atoms with E-state index in [0.717, 1.165) is 16.7 Å². The number of aromatic nitrogens is 1. The van der Waals surface area contributed by atoms with Gasteiger partial charge in [-0.05, 0) is 31.2 Å². The van der Waals surface area contributed by atoms with Crippen LogP contribution in [0, 0.1) is 11.3 Å². The number of hydrogen-bond acceptors (Lipinski definition) is 3. The van der Waals surface area contributed by atoms with E-state index in [1.54, 1.807) is 11.9 Å². The van der Waals surface area contributed by atoms with E-state index >= 15 is 0 Å². The van der Waals surface area contributed by atoms with Gasteiger partial charge in [-0.25, -0.2) is 0 Å². The fourth-order valence-corrected chi connectivity index (χ4v) is 2.18. The van der Waals surface area contributed by atoms with Crippen molar-refractivity contribution in [1.82, 2.24) is 9.47 Å². The van der Waals surface area contributed by atoms with Crippen molar-refractivity contribution < 1.29 is 9.53 Å². The van der Waals surface area contributed by atoms with Crippen LogP contribution >= 0.6 is 0 Å². The van der Waals surface area contributed by atoms with Crippen LogP contribution in [0.5, 0.6) is 5.75 Å². The van der Waals surface area contributed by atoms with Gasteiger partial charge in [0.1, 0.15) is 12.3 Å². The molecule has 0 radical (unpaired) electrons. The zero-order valence-corrected chi connectivity index (χ0v) is 12.4. The van der Waals surface area contributed by atoms with Gasteiger partial charge in [0.25, 0.3) is 0 Å². The molecule has 0 aliphatic carbocycles. The smallest absolute Gasteiger partial charge is 0.242 e. The van der Waals surface area contributed by atoms with E-state index in [2.05, 4.69) is 0 Å². The third-order valence-corrected chi connectivity index (χ3v) is 3.34. The number of nitrogens with zero attached hydrogens (tertiary/aromatic N) is 3. The van der Waals surface area contributed by atoms with E-state index < -0.39 is 0 Å². The molecular formula is C16H19N3O2. The molecule has 0 aliphatic rings. The number of hydrogen-bond donors (Lipinski definition) is 0. The van der Waals surface area contributed by atoms with Crippen LogP contribution in [0.2, 0.25) is 0 Å². The monoisotopic (exact) mass is 285 g/mol. The molecule has 0 unspecified atom stereocenters. The fourth-order valence-electron chi connectivity index (χ4n) is 2.18. The van der Waals surface area contributed by atoms with Crippen molar-refractivity contribution in [2.75, 3.05) is 20.2 Å². The number of carbonyl (C=O) groups is 1. The Morgan fingerprint density at radius 1 is 1.43 bits per heavy atom. The first-order valence-electron chi connectivity index (χ1n) is 6.98. The summed E-state index contributed by atoms with van der Waals surface area (Å²) >= 11 is 0. The Balaban J connectivity index is 2.12. The van der Waals surface area contributed by atoms with Gasteiger partial charge >= 0.3 is 0 Å². The van der Waals surface area contributed by atoms with Crippen molar-refractivity contribution in [3.63, 3.8) is 0 Å². The van der Waals surface area contributed by atoms with Crippen LogP contribution in [-0.2, 0) is 11.3 Å². The summed E-state index contributed by atoms with van der Waals surface area (Å²) in [6, 6.07) is 9.86. The van der Waals surface area contributed by atoms with Crippen molar-refractivity contribution in [3.8, 4) is 11.8 Å². The number of ether oxygens (including phenoxy) is 1. The molecular weight excluding hydrogens is 266 g/mol. The average molecular weight is 285 g/mol. The highest BCUT2D eigenvalue weighted by molar-refractivity contribution is 5.84. The Morgan fingerprint density at radius 2 is 2.24 bits per heavy atom. The van der Waals surface area contributed by atoms with Crippen LogP contribution in [-0.4, -0.2) is 35.6 Å². The minimum absolute atomic E-state index is 0.00312. The normalized spacial score (nSPS) is 10.3. The lowest BCUT2D eigenvalue weighted by Gasteiger charge is -2.16. The first kappa shape index (κ1) is 14.9. The molecule has 0 atom stereocenters. The zero-order chi connectivity index (χ0) is 15.2. The molecule has 0 spiro atoms. The lowest BCUT2D eigenvalue weighted by Crippen LogP contribution is -2.30. The third kappa shape index (κ3) is 3.54. The molecule has 5 heteroatoms. The number of fused-ring (bicyclic) bond motifs is 1. The van der Waals surface area contributed by atoms with Gasteiger partial charge < -0.3 is 14.2 Å². The lowest BCUT2D eigenvalue weighted by molar-refractivity contribution is -0.130. The van der Waals surface area contributed by atoms with Crippen LogP contribution in [0.15, 0.2) is 30.5 Å². The molecule has 110 valence electrons. The summed E-state index contributed by atoms with van der Waals surface area (Å²) in [5.74, 6) is 0.830. The maximum Gasteiger partial charge on any atom is 0.242 e. The SMILES string of the molecule is CCOc1ccc2c(ccn2CC(=O)N(C)CCC#N)c1. The number of likely N-dealkylation sites (N-methyl/N-ethyl adjacent to an activating group) is 1. The molecule has 0 aliphatic heterocycles. The van der Waals surface area contributed by atoms with Gasteiger partial charge in [0.15, 0.2) is 0 Å². The summed E-state index contributed by atoms with van der Waals surface area (Å²) in [6.45, 7) is 3.32. The Hall–Kier alpha value is -2.48. The molecule has 0 N–H and O–H groups in total. The summed E-state index contributed by atoms with van der Waals surface area (Å²) in [5.41, 5.74) is 1.00. The number of amides is 1. The molecule has 0 saturated heterocycles. The van der Waals surface area contributed by atoms with Crippen molar-refractivity contribution in [2.24, 2.45) is 0 Å². The molecule has 0 bridgehead atoms. The third-order valence-electron chi connectivity index (χ3n) is 3.34. The average Bonchev–Trinajstić information content (AvgIpc) is 2.87. The van der Waals surface area contributed by atoms with E-state index in [9.17, 15) is 4.79 Å². The van der Waals surface area contributed by atoms with E-state index in [-0.39, 0.29) is 12.5 Å². The van der Waals surface area contributed by atoms with Crippen molar-refractivity contribution in [1.29, 1.82) is 5.26 Å². The fraction of sp³-hybridized carbons (Fsp3) is 0.375. The highest BCUT2D eigenvalue weighted by atomic mass is 16.5. The predicted molar refractivity (Wildman–Crippen MR) is 81.0 cm³/mol. The maximum atomic E-state index is 12.1. The second-order valence-corrected chi connectivity index (χ2v) is 4.82. The van der Waals surface area contributed by atoms with Crippen molar-refractivity contribution in [2.45, 2.75) is 19.9 Å². The van der Waals surface area contributed by atoms with Crippen molar-refractivity contribution in [3.05, 3.63) is 30.5 Å². The summed E-state index contributed by atoms with van der Waals surface area (Å²) in [7, 11) is 1.72. The van der Waals surface area contributed by atoms with Gasteiger partial charge in [0.2, 0.25) is 5.91 Å². The van der Waals surface area contributed by atoms with E-state index in [4.69, 9.17) is 10.00 Å². The second kappa shape index (κ2) is 6.80. The Morgan fingerprint density at radius 3 is 2.95 bits per heavy atom. The summed E-state index contributed by atoms with van der Waals surface area (Å²) in [5, 5.41) is 9.61. The largest absolute Gasteiger partial charge is 0.494 e. The predicted octanol–water partition coefficient (Wildman–Crippen LogP) is 2.41. The Kier molecular flexibility index (Phi) is 4.83. The van der Waals surface area contributed by atoms with Crippen LogP contribution in [0.3, 0.4) is 0 Å². The maximum absolute atomic E-state index is 12.1. The number of benzene rings is 1. The highest BCUT2D eigenvalue weighted by Gasteiger charge is 2.11. The molecule has 0 fully saturated rings. The molecule has 2 rings (SSSR count). The summed E-state index contributed by atoms with van der Waals surface area (Å²) in [6.07, 6.45) is 2.25. The second-order valence-electron chi connectivity index (χ2n) is 4.82. The molecule has 21 heavy (non-hydrogen) atoms. The zero-order valence-electron chi connectivity index (χ0n) is 12.4. The van der Waals surface area contributed by atoms with Crippen LogP contribution < -0.4 is 4.74 Å². The van der Waals surface area contributed by atoms with Gasteiger partial charge in [-0.2, -0.15) is 5.26 Å². The van der Waals surface area contributed by atoms with Crippen LogP contribution in [0.25, 0.3) is 10.9 Å². The minimum atomic E-state index is -0.00312. The summed E-state index contributed by atoms with van der Waals surface area (Å²) < 4.78 is 7.38. The van der Waals surface area contributed by atoms with Gasteiger partial charge in [-0.3, -0.25) is 4.79 Å². The number of nitriles is 1. The highest BCUT2D eigenvalue weighted by Crippen LogP contribution is 2.22. The standard InChI is InChI=1S/C16H19N3O2/c1-3-21-14-5-6-15-13(11-14)7-10-19(15)12-16(20)18(2)9-4-8-17/h5-7,10-11H,3-4,9,12H2,1-2H3. The minimum Gasteiger partial charge on any atom is -0.494 e. The molecule has 1 aromatic heterocycles. The quantitative estimate of drug-likeness (QED) is 0.819. The van der Waals surface area contributed by atoms with Gasteiger partial charge in [0, 0.05) is 30.7 Å². The molecule has 1 heterocycles. The topological polar surface area (TPSA) is 58.3 Å². The van der Waals surface area contributed by atoms with E-state index in [1.807, 2.05) is 48.0 Å². The van der Waals surface area contributed by atoms with Crippen LogP contribution in [0.1, 0.15) is 13.3 Å². The van der Waals surface area contributed by atoms with Gasteiger partial charge in [-0.15, -0.1) is 0 Å². The Labute approximate surface area is 124 Å². The first-order chi connectivity index (χ1) is 10.2. The van der Waals surface area contributed by atoms with Gasteiger partial charge in [0.05, 0.1) is 19.1 Å².